The molecule has 0 atom stereocenters. The zero-order chi connectivity index (χ0) is 33.9. The third-order valence-electron chi connectivity index (χ3n) is 12.1. The molecule has 0 amide bonds. The van der Waals surface area contributed by atoms with Crippen LogP contribution in [0.3, 0.4) is 0 Å². The highest BCUT2D eigenvalue weighted by Gasteiger charge is 2.51. The van der Waals surface area contributed by atoms with Crippen molar-refractivity contribution in [3.05, 3.63) is 209 Å². The second kappa shape index (κ2) is 10.2. The maximum absolute atomic E-state index is 2.58. The molecule has 0 fully saturated rings. The molecule has 51 heavy (non-hydrogen) atoms. The molecule has 1 nitrogen and oxygen atoms in total. The van der Waals surface area contributed by atoms with Gasteiger partial charge in [0.1, 0.15) is 0 Å². The van der Waals surface area contributed by atoms with Crippen molar-refractivity contribution in [1.82, 2.24) is 0 Å². The number of anilines is 3. The number of rotatable bonds is 3. The van der Waals surface area contributed by atoms with Gasteiger partial charge in [0, 0.05) is 22.2 Å². The summed E-state index contributed by atoms with van der Waals surface area (Å²) in [5.74, 6) is 0. The summed E-state index contributed by atoms with van der Waals surface area (Å²) >= 11 is 0. The van der Waals surface area contributed by atoms with Gasteiger partial charge in [-0.2, -0.15) is 0 Å². The van der Waals surface area contributed by atoms with Crippen LogP contribution in [0, 0.1) is 0 Å². The van der Waals surface area contributed by atoms with Crippen molar-refractivity contribution >= 4 is 27.8 Å². The minimum Gasteiger partial charge on any atom is -0.310 e. The van der Waals surface area contributed by atoms with Gasteiger partial charge in [0.05, 0.1) is 11.1 Å². The van der Waals surface area contributed by atoms with Gasteiger partial charge in [0.25, 0.3) is 0 Å². The Morgan fingerprint density at radius 3 is 1.47 bits per heavy atom. The fourth-order valence-corrected chi connectivity index (χ4v) is 9.95. The van der Waals surface area contributed by atoms with Crippen molar-refractivity contribution in [2.45, 2.75) is 24.7 Å². The van der Waals surface area contributed by atoms with Crippen LogP contribution in [-0.4, -0.2) is 0 Å². The Balaban J connectivity index is 1.31. The van der Waals surface area contributed by atoms with E-state index in [-0.39, 0.29) is 5.41 Å². The normalized spacial score (nSPS) is 14.8. The predicted molar refractivity (Wildman–Crippen MR) is 212 cm³/mol. The first kappa shape index (κ1) is 28.6. The highest BCUT2D eigenvalue weighted by molar-refractivity contribution is 6.13. The summed E-state index contributed by atoms with van der Waals surface area (Å²) in [6, 6.07) is 65.9. The number of fused-ring (bicyclic) bond motifs is 12. The largest absolute Gasteiger partial charge is 0.310 e. The average molecular weight is 650 g/mol. The summed E-state index contributed by atoms with van der Waals surface area (Å²) in [5.41, 5.74) is 19.2. The number of nitrogens with zero attached hydrogens (tertiary/aromatic N) is 1. The fraction of sp³-hybridized carbons (Fsp3) is 0.0800. The lowest BCUT2D eigenvalue weighted by Gasteiger charge is -2.41. The van der Waals surface area contributed by atoms with E-state index in [9.17, 15) is 0 Å². The topological polar surface area (TPSA) is 3.24 Å². The minimum absolute atomic E-state index is 0.104. The third-order valence-corrected chi connectivity index (χ3v) is 12.1. The maximum Gasteiger partial charge on any atom is 0.0725 e. The molecule has 1 heteroatoms. The van der Waals surface area contributed by atoms with E-state index in [1.807, 2.05) is 0 Å². The Hall–Kier alpha value is -6.18. The summed E-state index contributed by atoms with van der Waals surface area (Å²) in [7, 11) is 0. The first-order valence-electron chi connectivity index (χ1n) is 18.0. The molecule has 0 unspecified atom stereocenters. The lowest BCUT2D eigenvalue weighted by atomic mass is 9.60. The van der Waals surface area contributed by atoms with E-state index in [0.29, 0.717) is 0 Å². The second-order valence-corrected chi connectivity index (χ2v) is 14.8. The van der Waals surface area contributed by atoms with E-state index in [2.05, 4.69) is 195 Å². The Morgan fingerprint density at radius 1 is 0.353 bits per heavy atom. The molecular formula is C50H35N. The van der Waals surface area contributed by atoms with Crippen LogP contribution < -0.4 is 4.90 Å². The molecule has 11 rings (SSSR count). The van der Waals surface area contributed by atoms with Crippen molar-refractivity contribution in [2.75, 3.05) is 4.90 Å². The molecule has 8 aromatic rings. The van der Waals surface area contributed by atoms with Gasteiger partial charge in [0.2, 0.25) is 0 Å². The number of hydrogen-bond donors (Lipinski definition) is 0. The van der Waals surface area contributed by atoms with E-state index in [0.717, 1.165) is 11.4 Å². The third kappa shape index (κ3) is 3.60. The van der Waals surface area contributed by atoms with Gasteiger partial charge in [0.15, 0.2) is 0 Å². The lowest BCUT2D eigenvalue weighted by molar-refractivity contribution is 0.659. The molecule has 0 saturated heterocycles. The van der Waals surface area contributed by atoms with Crippen LogP contribution in [0.5, 0.6) is 0 Å². The van der Waals surface area contributed by atoms with Gasteiger partial charge in [-0.1, -0.05) is 147 Å². The van der Waals surface area contributed by atoms with Crippen LogP contribution in [-0.2, 0) is 10.8 Å². The van der Waals surface area contributed by atoms with Gasteiger partial charge in [-0.05, 0) is 115 Å². The lowest BCUT2D eigenvalue weighted by Crippen LogP contribution is -2.32. The average Bonchev–Trinajstić information content (AvgIpc) is 3.60. The minimum atomic E-state index is -0.477. The van der Waals surface area contributed by atoms with Crippen molar-refractivity contribution in [1.29, 1.82) is 0 Å². The summed E-state index contributed by atoms with van der Waals surface area (Å²) in [6.07, 6.45) is 0. The number of hydrogen-bond acceptors (Lipinski definition) is 1. The molecule has 0 bridgehead atoms. The zero-order valence-corrected chi connectivity index (χ0v) is 28.7. The molecule has 240 valence electrons. The molecule has 3 aliphatic carbocycles. The van der Waals surface area contributed by atoms with Gasteiger partial charge in [-0.25, -0.2) is 0 Å². The molecule has 1 spiro atoms. The monoisotopic (exact) mass is 649 g/mol. The number of para-hydroxylation sites is 2. The zero-order valence-electron chi connectivity index (χ0n) is 28.7. The van der Waals surface area contributed by atoms with Crippen LogP contribution >= 0.6 is 0 Å². The Labute approximate surface area is 299 Å². The summed E-state index contributed by atoms with van der Waals surface area (Å²) in [4.78, 5) is 2.42. The number of benzene rings is 8. The van der Waals surface area contributed by atoms with E-state index >= 15 is 0 Å². The predicted octanol–water partition coefficient (Wildman–Crippen LogP) is 13.0. The van der Waals surface area contributed by atoms with Crippen LogP contribution in [0.1, 0.15) is 47.2 Å². The molecule has 8 aromatic carbocycles. The van der Waals surface area contributed by atoms with E-state index in [4.69, 9.17) is 0 Å². The molecular weight excluding hydrogens is 615 g/mol. The second-order valence-electron chi connectivity index (χ2n) is 14.8. The standard InChI is InChI=1S/C50H35N/c1-49(2)41-24-12-9-22-36(41)39-31-46-40(30-45(39)49)37-28-29-47(51(32-16-5-3-6-17-32)33-18-7-4-8-19-33)38-23-15-27-44(48(37)38)50(46)42-25-13-10-20-34(42)35-21-11-14-26-43(35)50/h3-31H,1-2H3. The molecule has 3 aliphatic rings. The molecule has 0 saturated carbocycles. The quantitative estimate of drug-likeness (QED) is 0.184. The first-order chi connectivity index (χ1) is 25.1. The maximum atomic E-state index is 2.58. The SMILES string of the molecule is CC1(C)c2ccccc2-c2cc3c(cc21)-c1ccc(N(c2ccccc2)c2ccccc2)c2cccc(c12)C31c2ccccc2-c2ccccc21. The smallest absolute Gasteiger partial charge is 0.0725 e. The molecule has 0 N–H and O–H groups in total. The molecule has 0 aliphatic heterocycles. The molecule has 0 radical (unpaired) electrons. The first-order valence-corrected chi connectivity index (χ1v) is 18.0. The Bertz CT molecular complexity index is 2630. The van der Waals surface area contributed by atoms with Crippen molar-refractivity contribution in [3.63, 3.8) is 0 Å². The van der Waals surface area contributed by atoms with Crippen LogP contribution in [0.25, 0.3) is 44.2 Å². The Morgan fingerprint density at radius 2 is 0.843 bits per heavy atom. The van der Waals surface area contributed by atoms with E-state index in [1.54, 1.807) is 0 Å². The van der Waals surface area contributed by atoms with Gasteiger partial charge in [-0.15, -0.1) is 0 Å². The van der Waals surface area contributed by atoms with Crippen LogP contribution in [0.2, 0.25) is 0 Å². The van der Waals surface area contributed by atoms with E-state index in [1.165, 1.54) is 83.2 Å². The fourth-order valence-electron chi connectivity index (χ4n) is 9.95. The highest BCUT2D eigenvalue weighted by atomic mass is 15.1. The summed E-state index contributed by atoms with van der Waals surface area (Å²) in [5, 5.41) is 2.59. The van der Waals surface area contributed by atoms with Gasteiger partial charge in [-0.3, -0.25) is 0 Å². The van der Waals surface area contributed by atoms with Crippen molar-refractivity contribution in [2.24, 2.45) is 0 Å². The van der Waals surface area contributed by atoms with Gasteiger partial charge >= 0.3 is 0 Å². The summed E-state index contributed by atoms with van der Waals surface area (Å²) in [6.45, 7) is 4.79. The van der Waals surface area contributed by atoms with Crippen LogP contribution in [0.4, 0.5) is 17.1 Å². The van der Waals surface area contributed by atoms with Gasteiger partial charge < -0.3 is 4.90 Å². The molecule has 0 heterocycles. The Kier molecular flexibility index (Phi) is 5.72. The summed E-state index contributed by atoms with van der Waals surface area (Å²) < 4.78 is 0. The molecule has 0 aromatic heterocycles. The van der Waals surface area contributed by atoms with Crippen molar-refractivity contribution in [3.8, 4) is 33.4 Å². The van der Waals surface area contributed by atoms with Crippen LogP contribution in [0.15, 0.2) is 176 Å². The van der Waals surface area contributed by atoms with Crippen molar-refractivity contribution < 1.29 is 0 Å². The highest BCUT2D eigenvalue weighted by Crippen LogP contribution is 2.64. The van der Waals surface area contributed by atoms with E-state index < -0.39 is 5.41 Å².